The molecule has 1 heteroatoms. The van der Waals surface area contributed by atoms with Crippen LogP contribution in [0.5, 0.6) is 0 Å². The fourth-order valence-electron chi connectivity index (χ4n) is 5.71. The molecule has 0 amide bonds. The van der Waals surface area contributed by atoms with Crippen molar-refractivity contribution in [3.8, 4) is 33.4 Å². The van der Waals surface area contributed by atoms with Gasteiger partial charge in [0.15, 0.2) is 0 Å². The normalized spacial score (nSPS) is 15.4. The van der Waals surface area contributed by atoms with Gasteiger partial charge in [-0.05, 0) is 73.7 Å². The summed E-state index contributed by atoms with van der Waals surface area (Å²) in [5.74, 6) is 0.490. The quantitative estimate of drug-likeness (QED) is 0.278. The monoisotopic (exact) mass is 433 g/mol. The van der Waals surface area contributed by atoms with Gasteiger partial charge in [-0.2, -0.15) is 0 Å². The Hall–Kier alpha value is -4.23. The van der Waals surface area contributed by atoms with Crippen molar-refractivity contribution in [2.24, 2.45) is 0 Å². The Morgan fingerprint density at radius 2 is 1.18 bits per heavy atom. The highest BCUT2D eigenvalue weighted by atomic mass is 14.6. The Morgan fingerprint density at radius 3 is 1.91 bits per heavy atom. The third-order valence-corrected chi connectivity index (χ3v) is 7.34. The van der Waals surface area contributed by atoms with Crippen LogP contribution < -0.4 is 0 Å². The average molecular weight is 434 g/mol. The average Bonchev–Trinajstić information content (AvgIpc) is 3.25. The lowest BCUT2D eigenvalue weighted by Crippen LogP contribution is -2.06. The van der Waals surface area contributed by atoms with E-state index in [4.69, 9.17) is 0 Å². The van der Waals surface area contributed by atoms with Crippen LogP contribution in [0.25, 0.3) is 39.0 Å². The predicted molar refractivity (Wildman–Crippen MR) is 141 cm³/mol. The van der Waals surface area contributed by atoms with Crippen LogP contribution in [-0.2, 0) is 0 Å². The van der Waals surface area contributed by atoms with E-state index in [2.05, 4.69) is 108 Å². The Kier molecular flexibility index (Phi) is 4.35. The zero-order valence-electron chi connectivity index (χ0n) is 18.8. The minimum absolute atomic E-state index is 0.490. The molecule has 34 heavy (non-hydrogen) atoms. The summed E-state index contributed by atoms with van der Waals surface area (Å²) in [5.41, 5.74) is 14.6. The van der Waals surface area contributed by atoms with Crippen LogP contribution in [0.2, 0.25) is 0 Å². The number of nitrogens with zero attached hydrogens (tertiary/aromatic N) is 1. The van der Waals surface area contributed by atoms with Crippen molar-refractivity contribution in [1.29, 1.82) is 0 Å². The maximum Gasteiger partial charge on any atom is 0.0346 e. The van der Waals surface area contributed by atoms with E-state index in [-0.39, 0.29) is 0 Å². The molecule has 0 spiro atoms. The minimum atomic E-state index is 0.490. The molecule has 0 fully saturated rings. The third-order valence-electron chi connectivity index (χ3n) is 7.34. The van der Waals surface area contributed by atoms with Crippen LogP contribution in [0.3, 0.4) is 0 Å². The van der Waals surface area contributed by atoms with Gasteiger partial charge in [-0.3, -0.25) is 4.98 Å². The summed E-state index contributed by atoms with van der Waals surface area (Å²) in [6.45, 7) is 0. The Morgan fingerprint density at radius 1 is 0.529 bits per heavy atom. The second-order valence-corrected chi connectivity index (χ2v) is 9.16. The van der Waals surface area contributed by atoms with Crippen molar-refractivity contribution < 1.29 is 0 Å². The first kappa shape index (κ1) is 19.3. The lowest BCUT2D eigenvalue weighted by atomic mass is 9.80. The number of allylic oxidation sites excluding steroid dienone is 1. The van der Waals surface area contributed by atoms with Crippen molar-refractivity contribution in [3.63, 3.8) is 0 Å². The first-order valence-electron chi connectivity index (χ1n) is 11.9. The molecular weight excluding hydrogens is 410 g/mol. The fourth-order valence-corrected chi connectivity index (χ4v) is 5.71. The summed E-state index contributed by atoms with van der Waals surface area (Å²) in [6, 6.07) is 37.6. The molecule has 160 valence electrons. The second kappa shape index (κ2) is 7.67. The highest BCUT2D eigenvalue weighted by Gasteiger charge is 2.33. The molecule has 0 bridgehead atoms. The van der Waals surface area contributed by atoms with E-state index in [0.29, 0.717) is 5.92 Å². The molecule has 5 aromatic rings. The van der Waals surface area contributed by atoms with Gasteiger partial charge in [0.1, 0.15) is 0 Å². The number of hydrogen-bond donors (Lipinski definition) is 0. The van der Waals surface area contributed by atoms with Crippen LogP contribution in [-0.4, -0.2) is 4.98 Å². The van der Waals surface area contributed by atoms with Crippen molar-refractivity contribution in [2.75, 3.05) is 0 Å². The number of pyridine rings is 1. The summed E-state index contributed by atoms with van der Waals surface area (Å²) >= 11 is 0. The van der Waals surface area contributed by atoms with Gasteiger partial charge in [0.05, 0.1) is 0 Å². The zero-order valence-corrected chi connectivity index (χ0v) is 18.8. The summed E-state index contributed by atoms with van der Waals surface area (Å²) < 4.78 is 0. The molecule has 1 atom stereocenters. The molecule has 0 aliphatic heterocycles. The molecular formula is C33H23N. The predicted octanol–water partition coefficient (Wildman–Crippen LogP) is 8.36. The molecule has 0 radical (unpaired) electrons. The van der Waals surface area contributed by atoms with Crippen LogP contribution in [0.1, 0.15) is 34.6 Å². The zero-order chi connectivity index (χ0) is 22.5. The first-order chi connectivity index (χ1) is 16.9. The van der Waals surface area contributed by atoms with Crippen molar-refractivity contribution in [1.82, 2.24) is 4.98 Å². The Balaban J connectivity index is 1.21. The van der Waals surface area contributed by atoms with Crippen molar-refractivity contribution >= 4 is 5.57 Å². The lowest BCUT2D eigenvalue weighted by molar-refractivity contribution is 0.840. The number of aromatic nitrogens is 1. The number of rotatable bonds is 3. The number of benzene rings is 4. The molecule has 1 nitrogen and oxygen atoms in total. The fraction of sp³-hybridized carbons (Fsp3) is 0.0606. The summed E-state index contributed by atoms with van der Waals surface area (Å²) in [5, 5.41) is 0. The van der Waals surface area contributed by atoms with E-state index < -0.39 is 0 Å². The number of hydrogen-bond acceptors (Lipinski definition) is 1. The van der Waals surface area contributed by atoms with Crippen LogP contribution in [0.4, 0.5) is 0 Å². The topological polar surface area (TPSA) is 12.9 Å². The largest absolute Gasteiger partial charge is 0.264 e. The highest BCUT2D eigenvalue weighted by molar-refractivity contribution is 5.91. The molecule has 4 aromatic carbocycles. The van der Waals surface area contributed by atoms with Gasteiger partial charge in [0.2, 0.25) is 0 Å². The van der Waals surface area contributed by atoms with E-state index in [1.165, 1.54) is 55.6 Å². The molecule has 2 aliphatic rings. The molecule has 0 saturated heterocycles. The van der Waals surface area contributed by atoms with E-state index >= 15 is 0 Å². The van der Waals surface area contributed by atoms with E-state index in [0.717, 1.165) is 12.0 Å². The minimum Gasteiger partial charge on any atom is -0.264 e. The van der Waals surface area contributed by atoms with Gasteiger partial charge in [-0.25, -0.2) is 0 Å². The van der Waals surface area contributed by atoms with Gasteiger partial charge in [-0.1, -0.05) is 103 Å². The maximum absolute atomic E-state index is 4.23. The Bertz CT molecular complexity index is 1540. The number of fused-ring (bicyclic) bond motifs is 3. The SMILES string of the molecule is C1=C(c2ccc(-c3ccc(-c4cccnc4)cc3)cc2)c2cccc3c2C(C1)c1ccccc1-3. The molecule has 7 rings (SSSR count). The maximum atomic E-state index is 4.23. The molecule has 2 aliphatic carbocycles. The van der Waals surface area contributed by atoms with Crippen LogP contribution >= 0.6 is 0 Å². The van der Waals surface area contributed by atoms with Gasteiger partial charge < -0.3 is 0 Å². The van der Waals surface area contributed by atoms with Gasteiger partial charge in [-0.15, -0.1) is 0 Å². The smallest absolute Gasteiger partial charge is 0.0346 e. The molecule has 0 N–H and O–H groups in total. The second-order valence-electron chi connectivity index (χ2n) is 9.16. The highest BCUT2D eigenvalue weighted by Crippen LogP contribution is 2.52. The van der Waals surface area contributed by atoms with Gasteiger partial charge in [0.25, 0.3) is 0 Å². The van der Waals surface area contributed by atoms with E-state index in [1.807, 2.05) is 18.5 Å². The summed E-state index contributed by atoms with van der Waals surface area (Å²) in [7, 11) is 0. The van der Waals surface area contributed by atoms with Crippen LogP contribution in [0, 0.1) is 0 Å². The molecule has 1 heterocycles. The van der Waals surface area contributed by atoms with Gasteiger partial charge in [0, 0.05) is 18.3 Å². The van der Waals surface area contributed by atoms with Crippen molar-refractivity contribution in [2.45, 2.75) is 12.3 Å². The van der Waals surface area contributed by atoms with Crippen LogP contribution in [0.15, 0.2) is 122 Å². The third kappa shape index (κ3) is 2.98. The van der Waals surface area contributed by atoms with E-state index in [9.17, 15) is 0 Å². The lowest BCUT2D eigenvalue weighted by Gasteiger charge is -2.23. The molecule has 1 unspecified atom stereocenters. The van der Waals surface area contributed by atoms with Crippen molar-refractivity contribution in [3.05, 3.63) is 144 Å². The van der Waals surface area contributed by atoms with E-state index in [1.54, 1.807) is 0 Å². The summed E-state index contributed by atoms with van der Waals surface area (Å²) in [4.78, 5) is 4.23. The van der Waals surface area contributed by atoms with Gasteiger partial charge >= 0.3 is 0 Å². The summed E-state index contributed by atoms with van der Waals surface area (Å²) in [6.07, 6.45) is 7.22. The molecule has 0 saturated carbocycles. The standard InChI is InChI=1S/C33H23N/c1-2-7-29-28(6-1)31-9-3-8-30-27(18-19-32(29)33(30)31)25-16-14-23(15-17-25)22-10-12-24(13-11-22)26-5-4-20-34-21-26/h1-18,20-21,32H,19H2. The molecule has 1 aromatic heterocycles. The Labute approximate surface area is 200 Å². The first-order valence-corrected chi connectivity index (χ1v) is 11.9.